The highest BCUT2D eigenvalue weighted by Crippen LogP contribution is 2.32. The highest BCUT2D eigenvalue weighted by atomic mass is 19.4. The minimum absolute atomic E-state index is 0.0850. The van der Waals surface area contributed by atoms with Crippen LogP contribution in [0.5, 0.6) is 0 Å². The van der Waals surface area contributed by atoms with Gasteiger partial charge in [-0.2, -0.15) is 13.2 Å². The largest absolute Gasteiger partial charge is 0.463 e. The molecule has 1 atom stereocenters. The van der Waals surface area contributed by atoms with Gasteiger partial charge in [0.15, 0.2) is 0 Å². The molecule has 0 fully saturated rings. The molecule has 1 unspecified atom stereocenters. The van der Waals surface area contributed by atoms with E-state index < -0.39 is 35.5 Å². The Kier molecular flexibility index (Phi) is 8.59. The van der Waals surface area contributed by atoms with Gasteiger partial charge in [0.25, 0.3) is 5.54 Å². The van der Waals surface area contributed by atoms with Crippen molar-refractivity contribution >= 4 is 29.1 Å². The van der Waals surface area contributed by atoms with Crippen LogP contribution in [0.3, 0.4) is 0 Å². The van der Waals surface area contributed by atoms with Gasteiger partial charge in [-0.15, -0.1) is 0 Å². The highest BCUT2D eigenvalue weighted by molar-refractivity contribution is 5.92. The molecule has 1 N–H and O–H groups in total. The molecule has 0 radical (unpaired) electrons. The first-order chi connectivity index (χ1) is 18.3. The van der Waals surface area contributed by atoms with Crippen molar-refractivity contribution in [1.29, 1.82) is 0 Å². The van der Waals surface area contributed by atoms with Crippen molar-refractivity contribution in [3.63, 3.8) is 0 Å². The quantitative estimate of drug-likeness (QED) is 0.257. The minimum atomic E-state index is -5.36. The number of rotatable bonds is 5. The van der Waals surface area contributed by atoms with Crippen LogP contribution in [0.25, 0.3) is 10.9 Å². The molecule has 206 valence electrons. The molecule has 1 heterocycles. The van der Waals surface area contributed by atoms with Crippen molar-refractivity contribution in [1.82, 2.24) is 9.88 Å². The summed E-state index contributed by atoms with van der Waals surface area (Å²) in [5.74, 6) is 2.37. The van der Waals surface area contributed by atoms with Crippen LogP contribution < -0.4 is 5.32 Å². The van der Waals surface area contributed by atoms with Gasteiger partial charge in [-0.05, 0) is 63.4 Å². The zero-order chi connectivity index (χ0) is 28.8. The monoisotopic (exact) mass is 544 g/mol. The van der Waals surface area contributed by atoms with Crippen LogP contribution in [-0.2, 0) is 25.6 Å². The van der Waals surface area contributed by atoms with E-state index >= 15 is 0 Å². The second kappa shape index (κ2) is 11.5. The SMILES string of the molecule is CCOC(=O)C(C#Cc1ccc2c(ccn2C(=O)OC(C)(C)C)c1)(NC(=O)OCc1ccccc1)C(F)(F)F. The Morgan fingerprint density at radius 3 is 2.28 bits per heavy atom. The van der Waals surface area contributed by atoms with Crippen molar-refractivity contribution in [3.05, 3.63) is 71.9 Å². The molecular formula is C28H27F3N2O6. The first kappa shape index (κ1) is 29.1. The fourth-order valence-corrected chi connectivity index (χ4v) is 3.40. The first-order valence-corrected chi connectivity index (χ1v) is 11.9. The molecule has 2 aromatic carbocycles. The smallest absolute Gasteiger partial charge is 0.434 e. The number of hydrogen-bond donors (Lipinski definition) is 1. The van der Waals surface area contributed by atoms with Gasteiger partial charge in [-0.3, -0.25) is 9.88 Å². The van der Waals surface area contributed by atoms with E-state index in [9.17, 15) is 27.6 Å². The number of fused-ring (bicyclic) bond motifs is 1. The number of hydrogen-bond acceptors (Lipinski definition) is 6. The minimum Gasteiger partial charge on any atom is -0.463 e. The molecule has 0 bridgehead atoms. The molecule has 0 aliphatic rings. The van der Waals surface area contributed by atoms with Crippen molar-refractivity contribution in [2.45, 2.75) is 51.6 Å². The Labute approximate surface area is 223 Å². The molecule has 1 amide bonds. The zero-order valence-corrected chi connectivity index (χ0v) is 21.7. The fraction of sp³-hybridized carbons (Fsp3) is 0.321. The van der Waals surface area contributed by atoms with Crippen molar-refractivity contribution < 1.29 is 41.8 Å². The van der Waals surface area contributed by atoms with Gasteiger partial charge in [0.2, 0.25) is 0 Å². The number of carbonyl (C=O) groups is 3. The van der Waals surface area contributed by atoms with E-state index in [1.54, 1.807) is 62.5 Å². The molecule has 3 aromatic rings. The molecule has 39 heavy (non-hydrogen) atoms. The second-order valence-corrected chi connectivity index (χ2v) is 9.34. The van der Waals surface area contributed by atoms with Gasteiger partial charge >= 0.3 is 24.3 Å². The molecule has 0 spiro atoms. The lowest BCUT2D eigenvalue weighted by Gasteiger charge is -2.29. The van der Waals surface area contributed by atoms with E-state index in [2.05, 4.69) is 10.7 Å². The number of aromatic nitrogens is 1. The number of benzene rings is 2. The number of amides is 1. The van der Waals surface area contributed by atoms with Crippen molar-refractivity contribution in [3.8, 4) is 11.8 Å². The summed E-state index contributed by atoms with van der Waals surface area (Å²) in [6.45, 7) is 5.75. The molecular weight excluding hydrogens is 517 g/mol. The average Bonchev–Trinajstić information content (AvgIpc) is 3.28. The predicted molar refractivity (Wildman–Crippen MR) is 136 cm³/mol. The third kappa shape index (κ3) is 7.10. The van der Waals surface area contributed by atoms with Crippen LogP contribution in [-0.4, -0.2) is 46.6 Å². The number of nitrogens with one attached hydrogen (secondary N) is 1. The van der Waals surface area contributed by atoms with Crippen molar-refractivity contribution in [2.75, 3.05) is 6.61 Å². The predicted octanol–water partition coefficient (Wildman–Crippen LogP) is 5.57. The summed E-state index contributed by atoms with van der Waals surface area (Å²) in [5, 5.41) is 2.06. The van der Waals surface area contributed by atoms with Gasteiger partial charge in [-0.1, -0.05) is 36.3 Å². The molecule has 0 aliphatic heterocycles. The third-order valence-electron chi connectivity index (χ3n) is 5.18. The Morgan fingerprint density at radius 1 is 0.974 bits per heavy atom. The van der Waals surface area contributed by atoms with Crippen LogP contribution in [0.2, 0.25) is 0 Å². The van der Waals surface area contributed by atoms with E-state index in [0.717, 1.165) is 0 Å². The molecule has 8 nitrogen and oxygen atoms in total. The normalized spacial score (nSPS) is 13.0. The summed E-state index contributed by atoms with van der Waals surface area (Å²) in [5.41, 5.74) is -3.39. The Hall–Kier alpha value is -4.46. The zero-order valence-electron chi connectivity index (χ0n) is 21.7. The second-order valence-electron chi connectivity index (χ2n) is 9.34. The summed E-state index contributed by atoms with van der Waals surface area (Å²) in [7, 11) is 0. The maximum absolute atomic E-state index is 14.3. The number of alkyl carbamates (subject to hydrolysis) is 1. The third-order valence-corrected chi connectivity index (χ3v) is 5.18. The van der Waals surface area contributed by atoms with Gasteiger partial charge in [-0.25, -0.2) is 14.4 Å². The molecule has 3 rings (SSSR count). The summed E-state index contributed by atoms with van der Waals surface area (Å²) in [4.78, 5) is 37.4. The van der Waals surface area contributed by atoms with E-state index in [1.807, 2.05) is 5.92 Å². The van der Waals surface area contributed by atoms with Crippen molar-refractivity contribution in [2.24, 2.45) is 0 Å². The molecule has 11 heteroatoms. The van der Waals surface area contributed by atoms with Crippen LogP contribution in [0, 0.1) is 11.8 Å². The number of nitrogens with zero attached hydrogens (tertiary/aromatic N) is 1. The van der Waals surface area contributed by atoms with Gasteiger partial charge in [0.1, 0.15) is 12.2 Å². The Balaban J connectivity index is 1.94. The average molecular weight is 545 g/mol. The fourth-order valence-electron chi connectivity index (χ4n) is 3.40. The molecule has 0 saturated heterocycles. The Morgan fingerprint density at radius 2 is 1.67 bits per heavy atom. The van der Waals surface area contributed by atoms with E-state index in [1.165, 1.54) is 35.9 Å². The van der Waals surface area contributed by atoms with Crippen LogP contribution >= 0.6 is 0 Å². The topological polar surface area (TPSA) is 95.9 Å². The number of ether oxygens (including phenoxy) is 3. The van der Waals surface area contributed by atoms with E-state index in [-0.39, 0.29) is 18.8 Å². The highest BCUT2D eigenvalue weighted by Gasteiger charge is 2.63. The molecule has 0 aliphatic carbocycles. The lowest BCUT2D eigenvalue weighted by molar-refractivity contribution is -0.198. The van der Waals surface area contributed by atoms with Gasteiger partial charge in [0, 0.05) is 17.1 Å². The molecule has 0 saturated carbocycles. The summed E-state index contributed by atoms with van der Waals surface area (Å²) in [6.07, 6.45) is -6.04. The number of halogens is 3. The number of carbonyl (C=O) groups excluding carboxylic acids is 3. The number of esters is 1. The number of alkyl halides is 3. The standard InChI is InChI=1S/C28H27F3N2O6/c1-5-37-23(34)27(28(29,30)31,32-24(35)38-18-20-9-7-6-8-10-20)15-13-19-11-12-22-21(17-19)14-16-33(22)25(36)39-26(2,3)4/h6-12,14,16-17H,5,18H2,1-4H3,(H,32,35). The van der Waals surface area contributed by atoms with Crippen LogP contribution in [0.1, 0.15) is 38.8 Å². The summed E-state index contributed by atoms with van der Waals surface area (Å²) >= 11 is 0. The van der Waals surface area contributed by atoms with E-state index in [4.69, 9.17) is 9.47 Å². The Bertz CT molecular complexity index is 1410. The lowest BCUT2D eigenvalue weighted by Crippen LogP contribution is -2.63. The van der Waals surface area contributed by atoms with Crippen LogP contribution in [0.15, 0.2) is 60.8 Å². The lowest BCUT2D eigenvalue weighted by atomic mass is 9.98. The maximum Gasteiger partial charge on any atom is 0.434 e. The maximum atomic E-state index is 14.3. The van der Waals surface area contributed by atoms with Gasteiger partial charge < -0.3 is 14.2 Å². The summed E-state index contributed by atoms with van der Waals surface area (Å²) < 4.78 is 59.1. The molecule has 1 aromatic heterocycles. The van der Waals surface area contributed by atoms with Gasteiger partial charge in [0.05, 0.1) is 12.1 Å². The van der Waals surface area contributed by atoms with Crippen LogP contribution in [0.4, 0.5) is 22.8 Å². The summed E-state index contributed by atoms with van der Waals surface area (Å²) in [6, 6.07) is 14.1. The first-order valence-electron chi connectivity index (χ1n) is 11.9. The van der Waals surface area contributed by atoms with E-state index in [0.29, 0.717) is 16.5 Å².